The molecule has 10 heteroatoms. The standard InChI is InChI=1S/C19H19F3NO5P/c20-19(21,22)14-3-5-15(6-4-14)28-16-7-9-17(10-8-16)29(26)23(13-18(24)25)11-1-2-12-27-29/h3-10H,1-2,11-13H2,(H,24,25)/p-1. The largest absolute Gasteiger partial charge is 0.549 e. The predicted octanol–water partition coefficient (Wildman–Crippen LogP) is 3.18. The van der Waals surface area contributed by atoms with Crippen LogP contribution in [0, 0.1) is 0 Å². The smallest absolute Gasteiger partial charge is 0.416 e. The fraction of sp³-hybridized carbons (Fsp3) is 0.316. The van der Waals surface area contributed by atoms with Crippen LogP contribution in [0.15, 0.2) is 48.5 Å². The summed E-state index contributed by atoms with van der Waals surface area (Å²) in [6, 6.07) is 10.2. The minimum atomic E-state index is -4.43. The molecule has 1 unspecified atom stereocenters. The number of rotatable bonds is 5. The fourth-order valence-corrected chi connectivity index (χ4v) is 5.16. The fourth-order valence-electron chi connectivity index (χ4n) is 2.91. The van der Waals surface area contributed by atoms with Crippen molar-refractivity contribution in [1.29, 1.82) is 0 Å². The molecule has 3 rings (SSSR count). The lowest BCUT2D eigenvalue weighted by Gasteiger charge is -2.29. The summed E-state index contributed by atoms with van der Waals surface area (Å²) >= 11 is 0. The van der Waals surface area contributed by atoms with Crippen LogP contribution in [0.5, 0.6) is 11.5 Å². The van der Waals surface area contributed by atoms with Crippen LogP contribution in [0.4, 0.5) is 13.2 Å². The highest BCUT2D eigenvalue weighted by molar-refractivity contribution is 7.64. The Bertz CT molecular complexity index is 900. The lowest BCUT2D eigenvalue weighted by atomic mass is 10.2. The van der Waals surface area contributed by atoms with Crippen LogP contribution in [-0.4, -0.2) is 30.3 Å². The van der Waals surface area contributed by atoms with E-state index in [0.29, 0.717) is 30.4 Å². The van der Waals surface area contributed by atoms with Gasteiger partial charge in [0.1, 0.15) is 11.5 Å². The van der Waals surface area contributed by atoms with Gasteiger partial charge < -0.3 is 19.2 Å². The quantitative estimate of drug-likeness (QED) is 0.681. The van der Waals surface area contributed by atoms with Crippen molar-refractivity contribution >= 4 is 18.8 Å². The Morgan fingerprint density at radius 1 is 1.07 bits per heavy atom. The van der Waals surface area contributed by atoms with E-state index in [0.717, 1.165) is 12.1 Å². The molecule has 1 atom stereocenters. The van der Waals surface area contributed by atoms with E-state index in [-0.39, 0.29) is 12.4 Å². The lowest BCUT2D eigenvalue weighted by Crippen LogP contribution is -2.38. The average Bonchev–Trinajstić information content (AvgIpc) is 2.84. The number of halogens is 3. The van der Waals surface area contributed by atoms with Gasteiger partial charge in [0.05, 0.1) is 23.4 Å². The number of alkyl halides is 3. The van der Waals surface area contributed by atoms with Crippen molar-refractivity contribution in [3.8, 4) is 11.5 Å². The van der Waals surface area contributed by atoms with Gasteiger partial charge in [0, 0.05) is 13.1 Å². The van der Waals surface area contributed by atoms with E-state index >= 15 is 0 Å². The Morgan fingerprint density at radius 2 is 1.66 bits per heavy atom. The molecule has 0 aromatic heterocycles. The zero-order chi connectivity index (χ0) is 21.1. The Kier molecular flexibility index (Phi) is 6.31. The molecule has 156 valence electrons. The summed E-state index contributed by atoms with van der Waals surface area (Å²) in [6.07, 6.45) is -3.13. The van der Waals surface area contributed by atoms with Gasteiger partial charge in [0.25, 0.3) is 0 Å². The first kappa shape index (κ1) is 21.4. The summed E-state index contributed by atoms with van der Waals surface area (Å²) in [5.41, 5.74) is -0.781. The second kappa shape index (κ2) is 8.57. The van der Waals surface area contributed by atoms with E-state index in [1.807, 2.05) is 0 Å². The molecule has 2 aromatic carbocycles. The molecule has 0 saturated carbocycles. The predicted molar refractivity (Wildman–Crippen MR) is 97.0 cm³/mol. The molecule has 0 amide bonds. The van der Waals surface area contributed by atoms with Crippen LogP contribution in [0.25, 0.3) is 0 Å². The van der Waals surface area contributed by atoms with Crippen LogP contribution in [-0.2, 0) is 20.1 Å². The van der Waals surface area contributed by atoms with Crippen molar-refractivity contribution in [2.75, 3.05) is 19.7 Å². The molecule has 0 N–H and O–H groups in total. The van der Waals surface area contributed by atoms with Crippen LogP contribution in [0.2, 0.25) is 0 Å². The Hall–Kier alpha value is -2.35. The summed E-state index contributed by atoms with van der Waals surface area (Å²) < 4.78 is 63.6. The van der Waals surface area contributed by atoms with Crippen molar-refractivity contribution in [3.63, 3.8) is 0 Å². The van der Waals surface area contributed by atoms with Gasteiger partial charge in [0.2, 0.25) is 0 Å². The number of carboxylic acid groups (broad SMARTS) is 1. The Labute approximate surface area is 165 Å². The maximum Gasteiger partial charge on any atom is 0.416 e. The molecule has 0 spiro atoms. The molecule has 1 saturated heterocycles. The van der Waals surface area contributed by atoms with Crippen LogP contribution < -0.4 is 15.1 Å². The van der Waals surface area contributed by atoms with Gasteiger partial charge in [-0.3, -0.25) is 4.57 Å². The van der Waals surface area contributed by atoms with Gasteiger partial charge >= 0.3 is 13.7 Å². The third kappa shape index (κ3) is 5.18. The van der Waals surface area contributed by atoms with Gasteiger partial charge in [-0.1, -0.05) is 0 Å². The molecular weight excluding hydrogens is 410 g/mol. The van der Waals surface area contributed by atoms with Crippen molar-refractivity contribution in [2.45, 2.75) is 19.0 Å². The van der Waals surface area contributed by atoms with Crippen molar-refractivity contribution < 1.29 is 36.9 Å². The molecule has 2 aromatic rings. The molecule has 0 radical (unpaired) electrons. The monoisotopic (exact) mass is 428 g/mol. The van der Waals surface area contributed by atoms with Gasteiger partial charge in [0.15, 0.2) is 0 Å². The van der Waals surface area contributed by atoms with Gasteiger partial charge in [-0.25, -0.2) is 4.67 Å². The summed E-state index contributed by atoms with van der Waals surface area (Å²) in [5.74, 6) is -0.818. The first-order valence-corrected chi connectivity index (χ1v) is 10.4. The number of carbonyl (C=O) groups excluding carboxylic acids is 1. The van der Waals surface area contributed by atoms with E-state index in [1.54, 1.807) is 0 Å². The van der Waals surface area contributed by atoms with E-state index < -0.39 is 31.8 Å². The minimum Gasteiger partial charge on any atom is -0.549 e. The maximum absolute atomic E-state index is 13.4. The molecule has 29 heavy (non-hydrogen) atoms. The molecular formula is C19H18F3NO5P-. The summed E-state index contributed by atoms with van der Waals surface area (Å²) in [5, 5.41) is 11.3. The molecule has 1 aliphatic heterocycles. The molecule has 1 aliphatic rings. The third-order valence-electron chi connectivity index (χ3n) is 4.34. The van der Waals surface area contributed by atoms with Crippen LogP contribution in [0.1, 0.15) is 18.4 Å². The summed E-state index contributed by atoms with van der Waals surface area (Å²) in [6.45, 7) is 0.0285. The van der Waals surface area contributed by atoms with Gasteiger partial charge in [-0.05, 0) is 61.4 Å². The number of aliphatic carboxylic acids is 1. The van der Waals surface area contributed by atoms with Gasteiger partial charge in [-0.15, -0.1) is 0 Å². The second-order valence-corrected chi connectivity index (χ2v) is 8.82. The topological polar surface area (TPSA) is 78.9 Å². The number of nitrogens with zero attached hydrogens (tertiary/aromatic N) is 1. The summed E-state index contributed by atoms with van der Waals surface area (Å²) in [7, 11) is -3.57. The second-order valence-electron chi connectivity index (χ2n) is 6.44. The Balaban J connectivity index is 1.78. The Morgan fingerprint density at radius 3 is 2.21 bits per heavy atom. The zero-order valence-electron chi connectivity index (χ0n) is 15.2. The maximum atomic E-state index is 13.4. The van der Waals surface area contributed by atoms with Crippen molar-refractivity contribution in [2.24, 2.45) is 0 Å². The van der Waals surface area contributed by atoms with Crippen molar-refractivity contribution in [1.82, 2.24) is 4.67 Å². The van der Waals surface area contributed by atoms with Crippen LogP contribution >= 0.6 is 7.52 Å². The minimum absolute atomic E-state index is 0.210. The molecule has 0 aliphatic carbocycles. The normalized spacial score (nSPS) is 20.8. The summed E-state index contributed by atoms with van der Waals surface area (Å²) in [4.78, 5) is 11.0. The highest BCUT2D eigenvalue weighted by Gasteiger charge is 2.35. The van der Waals surface area contributed by atoms with E-state index in [9.17, 15) is 27.6 Å². The highest BCUT2D eigenvalue weighted by atomic mass is 31.2. The molecule has 0 bridgehead atoms. The van der Waals surface area contributed by atoms with Crippen LogP contribution in [0.3, 0.4) is 0 Å². The average molecular weight is 428 g/mol. The number of hydrogen-bond acceptors (Lipinski definition) is 5. The van der Waals surface area contributed by atoms with Gasteiger partial charge in [-0.2, -0.15) is 13.2 Å². The molecule has 1 heterocycles. The first-order chi connectivity index (χ1) is 13.7. The first-order valence-electron chi connectivity index (χ1n) is 8.84. The number of carbonyl (C=O) groups is 1. The molecule has 6 nitrogen and oxygen atoms in total. The SMILES string of the molecule is O=C([O-])CN1CCCCOP1(=O)c1ccc(Oc2ccc(C(F)(F)F)cc2)cc1. The highest BCUT2D eigenvalue weighted by Crippen LogP contribution is 2.51. The molecule has 1 fully saturated rings. The zero-order valence-corrected chi connectivity index (χ0v) is 16.1. The van der Waals surface area contributed by atoms with E-state index in [4.69, 9.17) is 9.26 Å². The number of ether oxygens (including phenoxy) is 1. The van der Waals surface area contributed by atoms with E-state index in [2.05, 4.69) is 0 Å². The van der Waals surface area contributed by atoms with Crippen molar-refractivity contribution in [3.05, 3.63) is 54.1 Å². The van der Waals surface area contributed by atoms with E-state index in [1.165, 1.54) is 41.1 Å². The third-order valence-corrected chi connectivity index (χ3v) is 6.91. The number of carboxylic acids is 1. The lowest BCUT2D eigenvalue weighted by molar-refractivity contribution is -0.305. The number of benzene rings is 2. The number of hydrogen-bond donors (Lipinski definition) is 0.